The summed E-state index contributed by atoms with van der Waals surface area (Å²) in [5.41, 5.74) is 0.274. The smallest absolute Gasteiger partial charge is 0.251 e. The third-order valence-electron chi connectivity index (χ3n) is 3.75. The molecule has 24 heavy (non-hydrogen) atoms. The first-order valence-corrected chi connectivity index (χ1v) is 9.36. The van der Waals surface area contributed by atoms with E-state index in [-0.39, 0.29) is 34.2 Å². The van der Waals surface area contributed by atoms with Crippen molar-refractivity contribution in [3.63, 3.8) is 0 Å². The van der Waals surface area contributed by atoms with Crippen LogP contribution in [0.5, 0.6) is 5.75 Å². The van der Waals surface area contributed by atoms with E-state index in [9.17, 15) is 13.2 Å². The summed E-state index contributed by atoms with van der Waals surface area (Å²) >= 11 is 0. The van der Waals surface area contributed by atoms with Crippen molar-refractivity contribution < 1.29 is 22.7 Å². The Morgan fingerprint density at radius 1 is 1.33 bits per heavy atom. The Balaban J connectivity index is 2.19. The quantitative estimate of drug-likeness (QED) is 0.695. The van der Waals surface area contributed by atoms with E-state index >= 15 is 0 Å². The van der Waals surface area contributed by atoms with Gasteiger partial charge in [0.1, 0.15) is 10.6 Å². The van der Waals surface area contributed by atoms with Crippen LogP contribution in [0.2, 0.25) is 0 Å². The van der Waals surface area contributed by atoms with Crippen LogP contribution >= 0.6 is 0 Å². The fraction of sp³-hybridized carbons (Fsp3) is 0.562. The summed E-state index contributed by atoms with van der Waals surface area (Å²) < 4.78 is 37.6. The van der Waals surface area contributed by atoms with E-state index in [1.165, 1.54) is 19.2 Å². The van der Waals surface area contributed by atoms with Crippen molar-refractivity contribution in [1.82, 2.24) is 10.0 Å². The summed E-state index contributed by atoms with van der Waals surface area (Å²) in [6.45, 7) is 2.40. The van der Waals surface area contributed by atoms with Gasteiger partial charge in [-0.3, -0.25) is 4.79 Å². The summed E-state index contributed by atoms with van der Waals surface area (Å²) in [6.07, 6.45) is 2.34. The van der Waals surface area contributed by atoms with Crippen molar-refractivity contribution in [2.45, 2.75) is 43.2 Å². The number of rotatable bonds is 9. The molecule has 2 N–H and O–H groups in total. The van der Waals surface area contributed by atoms with Gasteiger partial charge in [-0.1, -0.05) is 0 Å². The molecule has 0 aliphatic heterocycles. The summed E-state index contributed by atoms with van der Waals surface area (Å²) in [5, 5.41) is 2.83. The maximum Gasteiger partial charge on any atom is 0.251 e. The molecule has 1 fully saturated rings. The van der Waals surface area contributed by atoms with Crippen molar-refractivity contribution >= 4 is 15.9 Å². The third-order valence-corrected chi connectivity index (χ3v) is 5.29. The highest BCUT2D eigenvalue weighted by Crippen LogP contribution is 2.28. The molecule has 0 aromatic heterocycles. The van der Waals surface area contributed by atoms with Crippen LogP contribution < -0.4 is 14.8 Å². The van der Waals surface area contributed by atoms with Crippen LogP contribution in [0.15, 0.2) is 23.1 Å². The molecule has 1 aromatic carbocycles. The molecule has 1 atom stereocenters. The van der Waals surface area contributed by atoms with E-state index in [0.29, 0.717) is 13.0 Å². The van der Waals surface area contributed by atoms with Crippen LogP contribution in [-0.4, -0.2) is 47.2 Å². The first-order valence-electron chi connectivity index (χ1n) is 7.87. The Morgan fingerprint density at radius 2 is 2.04 bits per heavy atom. The molecule has 0 spiro atoms. The number of hydrogen-bond donors (Lipinski definition) is 2. The molecule has 1 amide bonds. The zero-order valence-electron chi connectivity index (χ0n) is 14.2. The number of sulfonamides is 1. The summed E-state index contributed by atoms with van der Waals surface area (Å²) in [7, 11) is -0.713. The van der Waals surface area contributed by atoms with Gasteiger partial charge in [-0.15, -0.1) is 0 Å². The van der Waals surface area contributed by atoms with Crippen molar-refractivity contribution in [3.05, 3.63) is 23.8 Å². The van der Waals surface area contributed by atoms with Gasteiger partial charge in [0.2, 0.25) is 10.0 Å². The predicted octanol–water partition coefficient (Wildman–Crippen LogP) is 1.29. The van der Waals surface area contributed by atoms with E-state index in [1.807, 2.05) is 6.92 Å². The molecule has 0 radical (unpaired) electrons. The Morgan fingerprint density at radius 3 is 2.62 bits per heavy atom. The summed E-state index contributed by atoms with van der Waals surface area (Å²) in [4.78, 5) is 12.3. The number of benzene rings is 1. The molecule has 0 heterocycles. The molecule has 1 saturated carbocycles. The highest BCUT2D eigenvalue weighted by atomic mass is 32.2. The van der Waals surface area contributed by atoms with Gasteiger partial charge < -0.3 is 14.8 Å². The standard InChI is InChI=1S/C16H24N2O5S/c1-11(8-9-22-2)17-16(19)12-4-7-14(23-3)15(10-12)24(20,21)18-13-5-6-13/h4,7,10-11,13,18H,5-6,8-9H2,1-3H3,(H,17,19). The monoisotopic (exact) mass is 356 g/mol. The molecule has 1 aromatic rings. The molecular weight excluding hydrogens is 332 g/mol. The lowest BCUT2D eigenvalue weighted by molar-refractivity contribution is 0.0929. The zero-order valence-corrected chi connectivity index (χ0v) is 15.0. The number of hydrogen-bond acceptors (Lipinski definition) is 5. The molecule has 2 rings (SSSR count). The van der Waals surface area contributed by atoms with E-state index in [4.69, 9.17) is 9.47 Å². The molecule has 1 aliphatic rings. The molecule has 7 nitrogen and oxygen atoms in total. The normalized spacial score (nSPS) is 15.8. The van der Waals surface area contributed by atoms with Crippen LogP contribution in [-0.2, 0) is 14.8 Å². The number of ether oxygens (including phenoxy) is 2. The third kappa shape index (κ3) is 4.93. The highest BCUT2D eigenvalue weighted by molar-refractivity contribution is 7.89. The first kappa shape index (κ1) is 18.7. The summed E-state index contributed by atoms with van der Waals surface area (Å²) in [5.74, 6) is -0.115. The molecule has 1 unspecified atom stereocenters. The average molecular weight is 356 g/mol. The van der Waals surface area contributed by atoms with E-state index < -0.39 is 10.0 Å². The molecule has 1 aliphatic carbocycles. The lowest BCUT2D eigenvalue weighted by atomic mass is 10.1. The number of carbonyl (C=O) groups is 1. The van der Waals surface area contributed by atoms with Gasteiger partial charge in [-0.25, -0.2) is 13.1 Å². The van der Waals surface area contributed by atoms with Gasteiger partial charge >= 0.3 is 0 Å². The molecule has 8 heteroatoms. The van der Waals surface area contributed by atoms with E-state index in [1.54, 1.807) is 13.2 Å². The number of carbonyl (C=O) groups excluding carboxylic acids is 1. The predicted molar refractivity (Wildman–Crippen MR) is 89.8 cm³/mol. The van der Waals surface area contributed by atoms with Crippen LogP contribution in [0, 0.1) is 0 Å². The SMILES string of the molecule is COCCC(C)NC(=O)c1ccc(OC)c(S(=O)(=O)NC2CC2)c1. The Hall–Kier alpha value is -1.64. The molecular formula is C16H24N2O5S. The Bertz CT molecular complexity index is 686. The minimum absolute atomic E-state index is 0.0194. The van der Waals surface area contributed by atoms with E-state index in [0.717, 1.165) is 12.8 Å². The number of nitrogens with one attached hydrogen (secondary N) is 2. The van der Waals surface area contributed by atoms with E-state index in [2.05, 4.69) is 10.0 Å². The average Bonchev–Trinajstić information content (AvgIpc) is 3.35. The van der Waals surface area contributed by atoms with Gasteiger partial charge in [0.25, 0.3) is 5.91 Å². The van der Waals surface area contributed by atoms with Crippen molar-refractivity contribution in [2.24, 2.45) is 0 Å². The summed E-state index contributed by atoms with van der Waals surface area (Å²) in [6, 6.07) is 4.29. The van der Waals surface area contributed by atoms with Crippen molar-refractivity contribution in [1.29, 1.82) is 0 Å². The van der Waals surface area contributed by atoms with Crippen LogP contribution in [0.4, 0.5) is 0 Å². The second kappa shape index (κ2) is 7.96. The maximum absolute atomic E-state index is 12.5. The van der Waals surface area contributed by atoms with Gasteiger partial charge in [0.05, 0.1) is 7.11 Å². The largest absolute Gasteiger partial charge is 0.495 e. The molecule has 0 bridgehead atoms. The minimum atomic E-state index is -3.71. The second-order valence-corrected chi connectivity index (χ2v) is 7.60. The fourth-order valence-corrected chi connectivity index (χ4v) is 3.69. The lowest BCUT2D eigenvalue weighted by Crippen LogP contribution is -2.33. The van der Waals surface area contributed by atoms with Crippen LogP contribution in [0.1, 0.15) is 36.5 Å². The van der Waals surface area contributed by atoms with Crippen molar-refractivity contribution in [2.75, 3.05) is 20.8 Å². The van der Waals surface area contributed by atoms with Crippen LogP contribution in [0.3, 0.4) is 0 Å². The van der Waals surface area contributed by atoms with Gasteiger partial charge in [0.15, 0.2) is 0 Å². The van der Waals surface area contributed by atoms with Crippen molar-refractivity contribution in [3.8, 4) is 5.75 Å². The minimum Gasteiger partial charge on any atom is -0.495 e. The molecule has 134 valence electrons. The van der Waals surface area contributed by atoms with Crippen LogP contribution in [0.25, 0.3) is 0 Å². The number of methoxy groups -OCH3 is 2. The first-order chi connectivity index (χ1) is 11.4. The van der Waals surface area contributed by atoms with Gasteiger partial charge in [-0.05, 0) is 44.4 Å². The Kier molecular flexibility index (Phi) is 6.20. The fourth-order valence-electron chi connectivity index (χ4n) is 2.19. The maximum atomic E-state index is 12.5. The van der Waals surface area contributed by atoms with Gasteiger partial charge in [-0.2, -0.15) is 0 Å². The van der Waals surface area contributed by atoms with Gasteiger partial charge in [0, 0.05) is 31.4 Å². The number of amides is 1. The second-order valence-electron chi connectivity index (χ2n) is 5.92. The molecule has 0 saturated heterocycles. The Labute approximate surface area is 142 Å². The topological polar surface area (TPSA) is 93.7 Å². The zero-order chi connectivity index (χ0) is 17.7. The lowest BCUT2D eigenvalue weighted by Gasteiger charge is -2.15. The highest BCUT2D eigenvalue weighted by Gasteiger charge is 2.30.